The van der Waals surface area contributed by atoms with Crippen molar-refractivity contribution in [3.63, 3.8) is 0 Å². The summed E-state index contributed by atoms with van der Waals surface area (Å²) in [5, 5.41) is 14.1. The highest BCUT2D eigenvalue weighted by Gasteiger charge is 2.15. The molecular weight excluding hydrogens is 238 g/mol. The van der Waals surface area contributed by atoms with Gasteiger partial charge in [-0.15, -0.1) is 0 Å². The Bertz CT molecular complexity index is 566. The fraction of sp³-hybridized carbons (Fsp3) is 0.308. The second kappa shape index (κ2) is 4.86. The maximum absolute atomic E-state index is 13.0. The topological polar surface area (TPSA) is 38.1 Å². The number of aryl methyl sites for hydroxylation is 1. The fourth-order valence-corrected chi connectivity index (χ4v) is 1.84. The van der Waals surface area contributed by atoms with Crippen LogP contribution in [0, 0.1) is 18.6 Å². The number of aliphatic hydroxyl groups is 1. The third-order valence-corrected chi connectivity index (χ3v) is 3.05. The second-order valence-electron chi connectivity index (χ2n) is 4.28. The van der Waals surface area contributed by atoms with Crippen molar-refractivity contribution in [2.45, 2.75) is 19.4 Å². The first-order chi connectivity index (χ1) is 8.49. The lowest BCUT2D eigenvalue weighted by Gasteiger charge is -2.10. The van der Waals surface area contributed by atoms with E-state index in [1.807, 2.05) is 6.92 Å². The van der Waals surface area contributed by atoms with Crippen LogP contribution in [0.1, 0.15) is 22.9 Å². The van der Waals surface area contributed by atoms with E-state index in [9.17, 15) is 13.9 Å². The molecule has 0 bridgehead atoms. The number of aromatic nitrogens is 2. The molecule has 2 aromatic rings. The van der Waals surface area contributed by atoms with Crippen molar-refractivity contribution in [3.8, 4) is 0 Å². The Labute approximate surface area is 104 Å². The van der Waals surface area contributed by atoms with E-state index in [1.165, 1.54) is 6.07 Å². The largest absolute Gasteiger partial charge is 0.388 e. The highest BCUT2D eigenvalue weighted by molar-refractivity contribution is 5.24. The molecule has 1 aromatic carbocycles. The molecule has 96 valence electrons. The van der Waals surface area contributed by atoms with Crippen LogP contribution in [0.25, 0.3) is 0 Å². The number of hydrogen-bond donors (Lipinski definition) is 1. The highest BCUT2D eigenvalue weighted by Crippen LogP contribution is 2.21. The van der Waals surface area contributed by atoms with Crippen LogP contribution in [0.15, 0.2) is 24.4 Å². The minimum atomic E-state index is -0.900. The predicted octanol–water partition coefficient (Wildman–Crippen LogP) is 2.28. The van der Waals surface area contributed by atoms with Gasteiger partial charge in [0.1, 0.15) is 0 Å². The van der Waals surface area contributed by atoms with E-state index in [4.69, 9.17) is 0 Å². The monoisotopic (exact) mass is 252 g/mol. The van der Waals surface area contributed by atoms with Gasteiger partial charge in [-0.3, -0.25) is 4.68 Å². The van der Waals surface area contributed by atoms with E-state index in [2.05, 4.69) is 5.10 Å². The van der Waals surface area contributed by atoms with Crippen molar-refractivity contribution in [1.29, 1.82) is 0 Å². The lowest BCUT2D eigenvalue weighted by molar-refractivity contribution is 0.177. The fourth-order valence-electron chi connectivity index (χ4n) is 1.84. The average molecular weight is 252 g/mol. The third kappa shape index (κ3) is 2.41. The van der Waals surface area contributed by atoms with Gasteiger partial charge in [0.05, 0.1) is 12.3 Å². The maximum Gasteiger partial charge on any atom is 0.159 e. The van der Waals surface area contributed by atoms with Crippen molar-refractivity contribution in [1.82, 2.24) is 9.78 Å². The molecule has 5 heteroatoms. The molecule has 1 atom stereocenters. The third-order valence-electron chi connectivity index (χ3n) is 3.05. The van der Waals surface area contributed by atoms with Crippen LogP contribution in [0.2, 0.25) is 0 Å². The molecule has 1 heterocycles. The maximum atomic E-state index is 13.0. The zero-order valence-corrected chi connectivity index (χ0v) is 10.2. The Hall–Kier alpha value is -1.75. The van der Waals surface area contributed by atoms with Crippen LogP contribution in [-0.2, 0) is 13.5 Å². The number of halogens is 2. The van der Waals surface area contributed by atoms with Crippen LogP contribution in [-0.4, -0.2) is 14.9 Å². The highest BCUT2D eigenvalue weighted by atomic mass is 19.2. The van der Waals surface area contributed by atoms with Gasteiger partial charge in [-0.25, -0.2) is 8.78 Å². The molecule has 0 fully saturated rings. The summed E-state index contributed by atoms with van der Waals surface area (Å²) in [5.74, 6) is -1.78. The molecule has 0 saturated carbocycles. The zero-order valence-electron chi connectivity index (χ0n) is 10.2. The molecule has 0 radical (unpaired) electrons. The minimum absolute atomic E-state index is 0.226. The summed E-state index contributed by atoms with van der Waals surface area (Å²) >= 11 is 0. The van der Waals surface area contributed by atoms with Gasteiger partial charge in [0.15, 0.2) is 11.6 Å². The van der Waals surface area contributed by atoms with Crippen LogP contribution < -0.4 is 0 Å². The first-order valence-electron chi connectivity index (χ1n) is 5.59. The van der Waals surface area contributed by atoms with Crippen molar-refractivity contribution in [2.24, 2.45) is 7.05 Å². The van der Waals surface area contributed by atoms with E-state index < -0.39 is 17.7 Å². The molecular formula is C13H14F2N2O. The van der Waals surface area contributed by atoms with Gasteiger partial charge in [0, 0.05) is 24.7 Å². The van der Waals surface area contributed by atoms with E-state index in [0.29, 0.717) is 11.1 Å². The molecule has 18 heavy (non-hydrogen) atoms. The Balaban J connectivity index is 2.18. The summed E-state index contributed by atoms with van der Waals surface area (Å²) in [7, 11) is 1.78. The van der Waals surface area contributed by atoms with Crippen molar-refractivity contribution in [3.05, 3.63) is 52.9 Å². The molecule has 1 N–H and O–H groups in total. The molecule has 0 amide bonds. The first kappa shape index (κ1) is 12.7. The standard InChI is InChI=1S/C13H14F2N2O/c1-8-10(7-16-17(8)2)13(18)6-9-3-4-11(14)12(15)5-9/h3-5,7,13,18H,6H2,1-2H3. The van der Waals surface area contributed by atoms with Gasteiger partial charge in [-0.2, -0.15) is 5.10 Å². The van der Waals surface area contributed by atoms with Gasteiger partial charge in [-0.1, -0.05) is 6.07 Å². The molecule has 0 saturated heterocycles. The average Bonchev–Trinajstić information content (AvgIpc) is 2.65. The summed E-state index contributed by atoms with van der Waals surface area (Å²) in [6.45, 7) is 1.84. The second-order valence-corrected chi connectivity index (χ2v) is 4.28. The predicted molar refractivity (Wildman–Crippen MR) is 63.0 cm³/mol. The first-order valence-corrected chi connectivity index (χ1v) is 5.59. The number of hydrogen-bond acceptors (Lipinski definition) is 2. The van der Waals surface area contributed by atoms with E-state index in [1.54, 1.807) is 17.9 Å². The summed E-state index contributed by atoms with van der Waals surface area (Å²) < 4.78 is 27.5. The number of benzene rings is 1. The van der Waals surface area contributed by atoms with Crippen LogP contribution in [0.4, 0.5) is 8.78 Å². The number of rotatable bonds is 3. The molecule has 0 aliphatic rings. The molecule has 0 aliphatic carbocycles. The summed E-state index contributed by atoms with van der Waals surface area (Å²) in [6, 6.07) is 3.63. The molecule has 0 spiro atoms. The van der Waals surface area contributed by atoms with Gasteiger partial charge < -0.3 is 5.11 Å². The smallest absolute Gasteiger partial charge is 0.159 e. The zero-order chi connectivity index (χ0) is 13.3. The molecule has 0 aliphatic heterocycles. The van der Waals surface area contributed by atoms with Gasteiger partial charge in [0.25, 0.3) is 0 Å². The molecule has 1 aromatic heterocycles. The quantitative estimate of drug-likeness (QED) is 0.910. The lowest BCUT2D eigenvalue weighted by atomic mass is 10.0. The van der Waals surface area contributed by atoms with Gasteiger partial charge in [-0.05, 0) is 24.6 Å². The molecule has 3 nitrogen and oxygen atoms in total. The molecule has 2 rings (SSSR count). The number of nitrogens with zero attached hydrogens (tertiary/aromatic N) is 2. The molecule has 1 unspecified atom stereocenters. The van der Waals surface area contributed by atoms with E-state index in [-0.39, 0.29) is 6.42 Å². The lowest BCUT2D eigenvalue weighted by Crippen LogP contribution is -2.04. The Morgan fingerprint density at radius 1 is 1.33 bits per heavy atom. The summed E-state index contributed by atoms with van der Waals surface area (Å²) in [5.41, 5.74) is 2.09. The Morgan fingerprint density at radius 3 is 2.61 bits per heavy atom. The van der Waals surface area contributed by atoms with Crippen LogP contribution >= 0.6 is 0 Å². The van der Waals surface area contributed by atoms with Crippen molar-refractivity contribution in [2.75, 3.05) is 0 Å². The summed E-state index contributed by atoms with van der Waals surface area (Å²) in [6.07, 6.45) is 1.03. The minimum Gasteiger partial charge on any atom is -0.388 e. The van der Waals surface area contributed by atoms with Crippen LogP contribution in [0.5, 0.6) is 0 Å². The normalized spacial score (nSPS) is 12.7. The number of aliphatic hydroxyl groups excluding tert-OH is 1. The van der Waals surface area contributed by atoms with Crippen LogP contribution in [0.3, 0.4) is 0 Å². The van der Waals surface area contributed by atoms with E-state index >= 15 is 0 Å². The Kier molecular flexibility index (Phi) is 3.43. The summed E-state index contributed by atoms with van der Waals surface area (Å²) in [4.78, 5) is 0. The Morgan fingerprint density at radius 2 is 2.06 bits per heavy atom. The van der Waals surface area contributed by atoms with Crippen molar-refractivity contribution < 1.29 is 13.9 Å². The van der Waals surface area contributed by atoms with Gasteiger partial charge >= 0.3 is 0 Å². The van der Waals surface area contributed by atoms with E-state index in [0.717, 1.165) is 17.8 Å². The SMILES string of the molecule is Cc1c(C(O)Cc2ccc(F)c(F)c2)cnn1C. The van der Waals surface area contributed by atoms with Crippen molar-refractivity contribution >= 4 is 0 Å². The van der Waals surface area contributed by atoms with Gasteiger partial charge in [0.2, 0.25) is 0 Å².